The van der Waals surface area contributed by atoms with Gasteiger partial charge in [-0.25, -0.2) is 4.98 Å². The number of aromatic nitrogens is 1. The summed E-state index contributed by atoms with van der Waals surface area (Å²) >= 11 is 0. The number of benzene rings is 1. The lowest BCUT2D eigenvalue weighted by Crippen LogP contribution is -2.40. The Kier molecular flexibility index (Phi) is 10.0. The number of guanidine groups is 1. The Bertz CT molecular complexity index is 915. The minimum absolute atomic E-state index is 0. The van der Waals surface area contributed by atoms with E-state index in [0.29, 0.717) is 13.1 Å². The minimum Gasteiger partial charge on any atom is -0.496 e. The van der Waals surface area contributed by atoms with Gasteiger partial charge in [-0.3, -0.25) is 9.79 Å². The first-order valence-corrected chi connectivity index (χ1v) is 10.5. The predicted molar refractivity (Wildman–Crippen MR) is 138 cm³/mol. The number of anilines is 1. The lowest BCUT2D eigenvalue weighted by molar-refractivity contribution is -0.122. The molecule has 1 aromatic carbocycles. The van der Waals surface area contributed by atoms with Gasteiger partial charge >= 0.3 is 0 Å². The van der Waals surface area contributed by atoms with E-state index >= 15 is 0 Å². The fraction of sp³-hybridized carbons (Fsp3) is 0.435. The third kappa shape index (κ3) is 6.47. The van der Waals surface area contributed by atoms with Crippen LogP contribution in [0.2, 0.25) is 0 Å². The number of para-hydroxylation sites is 1. The maximum Gasteiger partial charge on any atom is 0.220 e. The van der Waals surface area contributed by atoms with Crippen molar-refractivity contribution in [3.05, 3.63) is 53.7 Å². The number of amides is 1. The molecule has 1 amide bonds. The van der Waals surface area contributed by atoms with E-state index in [0.717, 1.165) is 54.6 Å². The van der Waals surface area contributed by atoms with Gasteiger partial charge in [-0.15, -0.1) is 24.0 Å². The van der Waals surface area contributed by atoms with Crippen LogP contribution in [0.1, 0.15) is 24.0 Å². The number of primary amides is 1. The SMILES string of the molecule is CN=C(NCc1cccnc1N1CCC(C(N)=O)CC1)N(C)Cc1ccccc1OC.I. The summed E-state index contributed by atoms with van der Waals surface area (Å²) in [5.74, 6) is 2.35. The smallest absolute Gasteiger partial charge is 0.220 e. The highest BCUT2D eigenvalue weighted by Gasteiger charge is 2.25. The van der Waals surface area contributed by atoms with Gasteiger partial charge in [0.15, 0.2) is 5.96 Å². The molecule has 32 heavy (non-hydrogen) atoms. The van der Waals surface area contributed by atoms with E-state index in [-0.39, 0.29) is 35.8 Å². The summed E-state index contributed by atoms with van der Waals surface area (Å²) in [5.41, 5.74) is 7.65. The molecule has 1 aliphatic heterocycles. The van der Waals surface area contributed by atoms with Gasteiger partial charge in [0.1, 0.15) is 11.6 Å². The summed E-state index contributed by atoms with van der Waals surface area (Å²) in [5, 5.41) is 3.44. The van der Waals surface area contributed by atoms with Gasteiger partial charge in [-0.05, 0) is 25.0 Å². The average molecular weight is 552 g/mol. The van der Waals surface area contributed by atoms with Crippen LogP contribution in [0.4, 0.5) is 5.82 Å². The number of hydrogen-bond acceptors (Lipinski definition) is 5. The van der Waals surface area contributed by atoms with Gasteiger partial charge in [-0.2, -0.15) is 0 Å². The second-order valence-electron chi connectivity index (χ2n) is 7.72. The van der Waals surface area contributed by atoms with E-state index in [4.69, 9.17) is 10.5 Å². The molecule has 8 nitrogen and oxygen atoms in total. The number of hydrogen-bond donors (Lipinski definition) is 2. The van der Waals surface area contributed by atoms with Gasteiger partial charge in [-0.1, -0.05) is 24.3 Å². The number of pyridine rings is 1. The molecule has 1 aliphatic rings. The van der Waals surface area contributed by atoms with Crippen LogP contribution in [0.15, 0.2) is 47.6 Å². The van der Waals surface area contributed by atoms with Crippen LogP contribution in [0.5, 0.6) is 5.75 Å². The normalized spacial score (nSPS) is 14.5. The number of carbonyl (C=O) groups excluding carboxylic acids is 1. The number of nitrogens with two attached hydrogens (primary N) is 1. The number of aliphatic imine (C=N–C) groups is 1. The fourth-order valence-electron chi connectivity index (χ4n) is 3.95. The second-order valence-corrected chi connectivity index (χ2v) is 7.72. The molecule has 2 aromatic rings. The largest absolute Gasteiger partial charge is 0.496 e. The van der Waals surface area contributed by atoms with Crippen molar-refractivity contribution < 1.29 is 9.53 Å². The van der Waals surface area contributed by atoms with Crippen molar-refractivity contribution in [2.24, 2.45) is 16.6 Å². The molecule has 1 aromatic heterocycles. The highest BCUT2D eigenvalue weighted by Crippen LogP contribution is 2.24. The molecule has 1 fully saturated rings. The van der Waals surface area contributed by atoms with E-state index in [1.807, 2.05) is 37.5 Å². The number of carbonyl (C=O) groups is 1. The molecule has 0 atom stereocenters. The van der Waals surface area contributed by atoms with E-state index < -0.39 is 0 Å². The number of nitrogens with one attached hydrogen (secondary N) is 1. The first-order valence-electron chi connectivity index (χ1n) is 10.5. The average Bonchev–Trinajstić information content (AvgIpc) is 2.80. The van der Waals surface area contributed by atoms with E-state index in [9.17, 15) is 4.79 Å². The number of methoxy groups -OCH3 is 1. The summed E-state index contributed by atoms with van der Waals surface area (Å²) in [6.07, 6.45) is 3.34. The molecule has 0 aliphatic carbocycles. The molecular formula is C23H33IN6O2. The number of halogens is 1. The van der Waals surface area contributed by atoms with E-state index in [2.05, 4.69) is 37.2 Å². The number of piperidine rings is 1. The van der Waals surface area contributed by atoms with Gasteiger partial charge in [0.25, 0.3) is 0 Å². The summed E-state index contributed by atoms with van der Waals surface area (Å²) < 4.78 is 5.46. The molecule has 2 heterocycles. The Hall–Kier alpha value is -2.56. The molecule has 0 spiro atoms. The van der Waals surface area contributed by atoms with Crippen LogP contribution >= 0.6 is 24.0 Å². The van der Waals surface area contributed by atoms with Crippen molar-refractivity contribution in [1.82, 2.24) is 15.2 Å². The van der Waals surface area contributed by atoms with Gasteiger partial charge in [0.2, 0.25) is 5.91 Å². The van der Waals surface area contributed by atoms with Crippen molar-refractivity contribution in [3.63, 3.8) is 0 Å². The van der Waals surface area contributed by atoms with Crippen LogP contribution in [-0.4, -0.2) is 56.0 Å². The van der Waals surface area contributed by atoms with Crippen LogP contribution < -0.4 is 20.7 Å². The van der Waals surface area contributed by atoms with Crippen LogP contribution in [0.25, 0.3) is 0 Å². The molecule has 0 bridgehead atoms. The maximum atomic E-state index is 11.5. The standard InChI is InChI=1S/C23H32N6O2.HI/c1-25-23(28(2)16-19-7-4-5-9-20(19)31-3)27-15-18-8-6-12-26-22(18)29-13-10-17(11-14-29)21(24)30;/h4-9,12,17H,10-11,13-16H2,1-3H3,(H2,24,30)(H,25,27);1H. The number of ether oxygens (including phenoxy) is 1. The zero-order valence-corrected chi connectivity index (χ0v) is 21.3. The molecule has 9 heteroatoms. The minimum atomic E-state index is -0.204. The van der Waals surface area contributed by atoms with Crippen molar-refractivity contribution in [1.29, 1.82) is 0 Å². The van der Waals surface area contributed by atoms with Crippen LogP contribution in [0.3, 0.4) is 0 Å². The first-order chi connectivity index (χ1) is 15.0. The summed E-state index contributed by atoms with van der Waals surface area (Å²) in [6, 6.07) is 12.0. The Morgan fingerprint density at radius 3 is 2.59 bits per heavy atom. The number of rotatable bonds is 7. The third-order valence-corrected chi connectivity index (χ3v) is 5.67. The molecule has 3 rings (SSSR count). The fourth-order valence-corrected chi connectivity index (χ4v) is 3.95. The van der Waals surface area contributed by atoms with Crippen molar-refractivity contribution >= 4 is 41.7 Å². The molecule has 3 N–H and O–H groups in total. The number of nitrogens with zero attached hydrogens (tertiary/aromatic N) is 4. The predicted octanol–water partition coefficient (Wildman–Crippen LogP) is 2.62. The lowest BCUT2D eigenvalue weighted by Gasteiger charge is -2.32. The van der Waals surface area contributed by atoms with Crippen LogP contribution in [-0.2, 0) is 17.9 Å². The van der Waals surface area contributed by atoms with Gasteiger partial charge < -0.3 is 25.6 Å². The van der Waals surface area contributed by atoms with Crippen LogP contribution in [0, 0.1) is 5.92 Å². The van der Waals surface area contributed by atoms with Gasteiger partial charge in [0.05, 0.1) is 7.11 Å². The van der Waals surface area contributed by atoms with Crippen molar-refractivity contribution in [2.45, 2.75) is 25.9 Å². The Balaban J connectivity index is 0.00000363. The van der Waals surface area contributed by atoms with E-state index in [1.165, 1.54) is 0 Å². The highest BCUT2D eigenvalue weighted by atomic mass is 127. The topological polar surface area (TPSA) is 96.1 Å². The Morgan fingerprint density at radius 2 is 1.94 bits per heavy atom. The molecule has 1 saturated heterocycles. The zero-order valence-electron chi connectivity index (χ0n) is 19.0. The first kappa shape index (κ1) is 25.7. The lowest BCUT2D eigenvalue weighted by atomic mass is 9.96. The summed E-state index contributed by atoms with van der Waals surface area (Å²) in [6.45, 7) is 2.83. The quantitative estimate of drug-likeness (QED) is 0.312. The Labute approximate surface area is 207 Å². The molecular weight excluding hydrogens is 519 g/mol. The van der Waals surface area contributed by atoms with Crippen molar-refractivity contribution in [2.75, 3.05) is 39.2 Å². The summed E-state index contributed by atoms with van der Waals surface area (Å²) in [4.78, 5) is 24.8. The third-order valence-electron chi connectivity index (χ3n) is 5.67. The molecule has 0 unspecified atom stereocenters. The monoisotopic (exact) mass is 552 g/mol. The van der Waals surface area contributed by atoms with Crippen molar-refractivity contribution in [3.8, 4) is 5.75 Å². The molecule has 0 saturated carbocycles. The Morgan fingerprint density at radius 1 is 1.25 bits per heavy atom. The second kappa shape index (κ2) is 12.5. The van der Waals surface area contributed by atoms with Gasteiger partial charge in [0, 0.05) is 63.5 Å². The molecule has 0 radical (unpaired) electrons. The zero-order chi connectivity index (χ0) is 22.2. The van der Waals surface area contributed by atoms with E-state index in [1.54, 1.807) is 14.2 Å². The molecule has 174 valence electrons. The maximum absolute atomic E-state index is 11.5. The summed E-state index contributed by atoms with van der Waals surface area (Å²) in [7, 11) is 5.46. The highest BCUT2D eigenvalue weighted by molar-refractivity contribution is 14.0.